The van der Waals surface area contributed by atoms with E-state index in [4.69, 9.17) is 9.15 Å². The lowest BCUT2D eigenvalue weighted by molar-refractivity contribution is -0.147. The number of amides is 3. The summed E-state index contributed by atoms with van der Waals surface area (Å²) in [7, 11) is 0. The van der Waals surface area contributed by atoms with Crippen molar-refractivity contribution in [1.29, 1.82) is 0 Å². The molecule has 3 N–H and O–H groups in total. The lowest BCUT2D eigenvalue weighted by Crippen LogP contribution is -2.48. The zero-order valence-corrected chi connectivity index (χ0v) is 15.7. The smallest absolute Gasteiger partial charge is 0.321 e. The molecule has 8 nitrogen and oxygen atoms in total. The molecule has 1 aliphatic carbocycles. The molecule has 2 aromatic rings. The number of ether oxygens (including phenoxy) is 1. The fourth-order valence-corrected chi connectivity index (χ4v) is 3.46. The maximum Gasteiger partial charge on any atom is 0.321 e. The molecule has 0 spiro atoms. The summed E-state index contributed by atoms with van der Waals surface area (Å²) in [5.41, 5.74) is 1.04. The first kappa shape index (κ1) is 19.7. The maximum absolute atomic E-state index is 12.0. The van der Waals surface area contributed by atoms with Crippen LogP contribution in [0.4, 0.5) is 4.79 Å². The summed E-state index contributed by atoms with van der Waals surface area (Å²) < 4.78 is 10.2. The molecule has 3 rings (SSSR count). The average molecular weight is 388 g/mol. The van der Waals surface area contributed by atoms with E-state index >= 15 is 0 Å². The van der Waals surface area contributed by atoms with Gasteiger partial charge in [-0.15, -0.1) is 0 Å². The maximum atomic E-state index is 12.0. The van der Waals surface area contributed by atoms with E-state index in [9.17, 15) is 19.5 Å². The third-order valence-corrected chi connectivity index (χ3v) is 5.02. The second-order valence-corrected chi connectivity index (χ2v) is 7.17. The summed E-state index contributed by atoms with van der Waals surface area (Å²) in [4.78, 5) is 35.7. The minimum atomic E-state index is -0.684. The van der Waals surface area contributed by atoms with Gasteiger partial charge in [0.25, 0.3) is 5.91 Å². The molecule has 2 atom stereocenters. The van der Waals surface area contributed by atoms with E-state index in [0.29, 0.717) is 22.5 Å². The first-order chi connectivity index (χ1) is 13.4. The SMILES string of the molecule is C[C@H]1CCCC[C@H]1NC(=O)NC(=O)COC(=O)Cc1coc2cc(O)ccc12. The predicted octanol–water partition coefficient (Wildman–Crippen LogP) is 2.63. The second-order valence-electron chi connectivity index (χ2n) is 7.17. The number of aromatic hydroxyl groups is 1. The average Bonchev–Trinajstić information content (AvgIpc) is 3.03. The molecule has 8 heteroatoms. The highest BCUT2D eigenvalue weighted by atomic mass is 16.5. The number of fused-ring (bicyclic) bond motifs is 1. The van der Waals surface area contributed by atoms with Crippen molar-refractivity contribution in [2.24, 2.45) is 5.92 Å². The number of rotatable bonds is 5. The first-order valence-corrected chi connectivity index (χ1v) is 9.37. The molecule has 1 heterocycles. The van der Waals surface area contributed by atoms with Crippen molar-refractivity contribution >= 4 is 28.9 Å². The summed E-state index contributed by atoms with van der Waals surface area (Å²) in [5, 5.41) is 15.1. The van der Waals surface area contributed by atoms with Crippen LogP contribution in [0.15, 0.2) is 28.9 Å². The second kappa shape index (κ2) is 8.77. The molecular formula is C20H24N2O6. The summed E-state index contributed by atoms with van der Waals surface area (Å²) in [5.74, 6) is -0.865. The molecule has 0 radical (unpaired) electrons. The van der Waals surface area contributed by atoms with E-state index < -0.39 is 24.5 Å². The van der Waals surface area contributed by atoms with Crippen LogP contribution in [-0.4, -0.2) is 35.7 Å². The van der Waals surface area contributed by atoms with Gasteiger partial charge in [0, 0.05) is 23.1 Å². The van der Waals surface area contributed by atoms with E-state index in [2.05, 4.69) is 17.6 Å². The molecule has 1 saturated carbocycles. The van der Waals surface area contributed by atoms with Crippen molar-refractivity contribution in [3.8, 4) is 5.75 Å². The van der Waals surface area contributed by atoms with Crippen molar-refractivity contribution in [3.05, 3.63) is 30.0 Å². The quantitative estimate of drug-likeness (QED) is 0.678. The van der Waals surface area contributed by atoms with Gasteiger partial charge in [-0.1, -0.05) is 19.8 Å². The highest BCUT2D eigenvalue weighted by molar-refractivity contribution is 5.96. The number of benzene rings is 1. The number of carbonyl (C=O) groups is 3. The Morgan fingerprint density at radius 3 is 2.82 bits per heavy atom. The largest absolute Gasteiger partial charge is 0.508 e. The Labute approximate surface area is 162 Å². The zero-order valence-electron chi connectivity index (χ0n) is 15.7. The minimum absolute atomic E-state index is 0.0536. The predicted molar refractivity (Wildman–Crippen MR) is 101 cm³/mol. The number of hydrogen-bond acceptors (Lipinski definition) is 6. The van der Waals surface area contributed by atoms with Crippen molar-refractivity contribution in [1.82, 2.24) is 10.6 Å². The Bertz CT molecular complexity index is 875. The number of esters is 1. The van der Waals surface area contributed by atoms with Crippen molar-refractivity contribution in [2.45, 2.75) is 45.1 Å². The highest BCUT2D eigenvalue weighted by Crippen LogP contribution is 2.25. The van der Waals surface area contributed by atoms with E-state index in [1.54, 1.807) is 6.07 Å². The van der Waals surface area contributed by atoms with Gasteiger partial charge in [0.1, 0.15) is 11.3 Å². The number of phenols is 1. The number of phenolic OH excluding ortho intramolecular Hbond substituents is 1. The third kappa shape index (κ3) is 5.03. The molecule has 0 unspecified atom stereocenters. The Morgan fingerprint density at radius 2 is 2.04 bits per heavy atom. The van der Waals surface area contributed by atoms with Crippen molar-refractivity contribution < 1.29 is 28.6 Å². The van der Waals surface area contributed by atoms with Crippen molar-refractivity contribution in [3.63, 3.8) is 0 Å². The fraction of sp³-hybridized carbons (Fsp3) is 0.450. The Kier molecular flexibility index (Phi) is 6.18. The van der Waals surface area contributed by atoms with Gasteiger partial charge in [0.05, 0.1) is 12.7 Å². The van der Waals surface area contributed by atoms with Gasteiger partial charge < -0.3 is 19.6 Å². The highest BCUT2D eigenvalue weighted by Gasteiger charge is 2.23. The topological polar surface area (TPSA) is 118 Å². The number of imide groups is 1. The van der Waals surface area contributed by atoms with Gasteiger partial charge in [-0.2, -0.15) is 0 Å². The van der Waals surface area contributed by atoms with Gasteiger partial charge in [-0.25, -0.2) is 4.79 Å². The van der Waals surface area contributed by atoms with Gasteiger partial charge in [-0.3, -0.25) is 14.9 Å². The molecule has 150 valence electrons. The van der Waals surface area contributed by atoms with E-state index in [1.165, 1.54) is 18.4 Å². The fourth-order valence-electron chi connectivity index (χ4n) is 3.46. The molecule has 1 fully saturated rings. The Balaban J connectivity index is 1.43. The summed E-state index contributed by atoms with van der Waals surface area (Å²) in [6.45, 7) is 1.54. The standard InChI is InChI=1S/C20H24N2O6/c1-12-4-2-3-5-16(12)21-20(26)22-18(24)11-28-19(25)8-13-10-27-17-9-14(23)6-7-15(13)17/h6-7,9-10,12,16,23H,2-5,8,11H2,1H3,(H2,21,22,24,26)/t12-,16+/m0/s1. The van der Waals surface area contributed by atoms with Gasteiger partial charge in [-0.05, 0) is 30.9 Å². The van der Waals surface area contributed by atoms with Crippen LogP contribution in [0.5, 0.6) is 5.75 Å². The number of nitrogens with one attached hydrogen (secondary N) is 2. The molecule has 3 amide bonds. The normalized spacial score (nSPS) is 19.2. The Hall–Kier alpha value is -3.03. The van der Waals surface area contributed by atoms with Crippen LogP contribution in [0.1, 0.15) is 38.2 Å². The van der Waals surface area contributed by atoms with Crippen LogP contribution < -0.4 is 10.6 Å². The van der Waals surface area contributed by atoms with Crippen LogP contribution in [0.3, 0.4) is 0 Å². The van der Waals surface area contributed by atoms with Gasteiger partial charge >= 0.3 is 12.0 Å². The van der Waals surface area contributed by atoms with E-state index in [0.717, 1.165) is 25.7 Å². The molecular weight excluding hydrogens is 364 g/mol. The first-order valence-electron chi connectivity index (χ1n) is 9.37. The van der Waals surface area contributed by atoms with Crippen LogP contribution in [0.2, 0.25) is 0 Å². The van der Waals surface area contributed by atoms with Crippen LogP contribution in [-0.2, 0) is 20.7 Å². The van der Waals surface area contributed by atoms with Crippen LogP contribution in [0.25, 0.3) is 11.0 Å². The van der Waals surface area contributed by atoms with Crippen LogP contribution >= 0.6 is 0 Å². The summed E-state index contributed by atoms with van der Waals surface area (Å²) in [6.07, 6.45) is 5.49. The lowest BCUT2D eigenvalue weighted by atomic mass is 9.86. The molecule has 1 aromatic heterocycles. The summed E-state index contributed by atoms with van der Waals surface area (Å²) in [6, 6.07) is 4.06. The number of furan rings is 1. The molecule has 1 aromatic carbocycles. The van der Waals surface area contributed by atoms with Crippen LogP contribution in [0, 0.1) is 5.92 Å². The summed E-state index contributed by atoms with van der Waals surface area (Å²) >= 11 is 0. The minimum Gasteiger partial charge on any atom is -0.508 e. The third-order valence-electron chi connectivity index (χ3n) is 5.02. The molecule has 0 saturated heterocycles. The van der Waals surface area contributed by atoms with Gasteiger partial charge in [0.2, 0.25) is 0 Å². The monoisotopic (exact) mass is 388 g/mol. The lowest BCUT2D eigenvalue weighted by Gasteiger charge is -2.29. The molecule has 28 heavy (non-hydrogen) atoms. The van der Waals surface area contributed by atoms with E-state index in [1.807, 2.05) is 0 Å². The molecule has 0 aliphatic heterocycles. The number of urea groups is 1. The van der Waals surface area contributed by atoms with Crippen molar-refractivity contribution in [2.75, 3.05) is 6.61 Å². The van der Waals surface area contributed by atoms with E-state index in [-0.39, 0.29) is 18.2 Å². The number of carbonyl (C=O) groups excluding carboxylic acids is 3. The molecule has 1 aliphatic rings. The molecule has 0 bridgehead atoms. The zero-order chi connectivity index (χ0) is 20.1. The Morgan fingerprint density at radius 1 is 1.25 bits per heavy atom. The van der Waals surface area contributed by atoms with Gasteiger partial charge in [0.15, 0.2) is 6.61 Å². The number of hydrogen-bond donors (Lipinski definition) is 3.